The molecule has 4 rings (SSSR count). The number of furan rings is 1. The highest BCUT2D eigenvalue weighted by atomic mass is 35.5. The van der Waals surface area contributed by atoms with Crippen molar-refractivity contribution in [2.75, 3.05) is 33.3 Å². The van der Waals surface area contributed by atoms with Gasteiger partial charge < -0.3 is 18.6 Å². The predicted molar refractivity (Wildman–Crippen MR) is 101 cm³/mol. The number of halogens is 1. The average molecular weight is 403 g/mol. The van der Waals surface area contributed by atoms with Crippen molar-refractivity contribution < 1.29 is 18.5 Å². The van der Waals surface area contributed by atoms with Crippen LogP contribution in [0, 0.1) is 0 Å². The van der Waals surface area contributed by atoms with Crippen LogP contribution in [0.3, 0.4) is 0 Å². The van der Waals surface area contributed by atoms with E-state index in [1.807, 2.05) is 24.3 Å². The third-order valence-electron chi connectivity index (χ3n) is 4.62. The van der Waals surface area contributed by atoms with Gasteiger partial charge in [0.2, 0.25) is 11.7 Å². The maximum atomic E-state index is 12.4. The summed E-state index contributed by atoms with van der Waals surface area (Å²) in [6, 6.07) is 10.6. The van der Waals surface area contributed by atoms with Crippen LogP contribution >= 0.6 is 11.6 Å². The van der Waals surface area contributed by atoms with E-state index in [1.54, 1.807) is 24.1 Å². The Morgan fingerprint density at radius 1 is 1.14 bits per heavy atom. The fourth-order valence-electron chi connectivity index (χ4n) is 3.06. The van der Waals surface area contributed by atoms with E-state index in [-0.39, 0.29) is 16.9 Å². The van der Waals surface area contributed by atoms with Gasteiger partial charge in [-0.1, -0.05) is 5.16 Å². The quantitative estimate of drug-likeness (QED) is 0.648. The van der Waals surface area contributed by atoms with E-state index >= 15 is 0 Å². The predicted octanol–water partition coefficient (Wildman–Crippen LogP) is 2.95. The minimum atomic E-state index is -0.147. The first-order valence-electron chi connectivity index (χ1n) is 8.86. The summed E-state index contributed by atoms with van der Waals surface area (Å²) >= 11 is 5.74. The molecule has 146 valence electrons. The average Bonchev–Trinajstić information content (AvgIpc) is 3.37. The maximum absolute atomic E-state index is 12.4. The van der Waals surface area contributed by atoms with Gasteiger partial charge in [-0.05, 0) is 48.0 Å². The number of benzene rings is 1. The molecule has 3 aromatic rings. The number of nitrogens with zero attached hydrogens (tertiary/aromatic N) is 4. The van der Waals surface area contributed by atoms with E-state index in [4.69, 9.17) is 25.3 Å². The van der Waals surface area contributed by atoms with Crippen LogP contribution in [0.1, 0.15) is 16.4 Å². The van der Waals surface area contributed by atoms with Crippen LogP contribution in [0.4, 0.5) is 0 Å². The fraction of sp³-hybridized carbons (Fsp3) is 0.316. The summed E-state index contributed by atoms with van der Waals surface area (Å²) in [5, 5.41) is 4.26. The lowest BCUT2D eigenvalue weighted by atomic mass is 10.2. The molecule has 0 bridgehead atoms. The summed E-state index contributed by atoms with van der Waals surface area (Å²) in [6.07, 6.45) is 0. The minimum absolute atomic E-state index is 0.147. The number of amides is 1. The molecule has 28 heavy (non-hydrogen) atoms. The largest absolute Gasteiger partial charge is 0.497 e. The summed E-state index contributed by atoms with van der Waals surface area (Å²) in [7, 11) is 1.62. The van der Waals surface area contributed by atoms with Gasteiger partial charge in [0.1, 0.15) is 5.75 Å². The SMILES string of the molecule is COc1ccc(-c2noc(CN3CCN(C(=O)c4ccc(Cl)o4)CC3)n2)cc1. The van der Waals surface area contributed by atoms with Gasteiger partial charge in [-0.25, -0.2) is 0 Å². The van der Waals surface area contributed by atoms with Gasteiger partial charge in [-0.3, -0.25) is 9.69 Å². The van der Waals surface area contributed by atoms with Gasteiger partial charge >= 0.3 is 0 Å². The van der Waals surface area contributed by atoms with Crippen LogP contribution in [0.2, 0.25) is 5.22 Å². The van der Waals surface area contributed by atoms with Crippen LogP contribution in [0.25, 0.3) is 11.4 Å². The molecule has 0 atom stereocenters. The van der Waals surface area contributed by atoms with E-state index in [2.05, 4.69) is 15.0 Å². The second kappa shape index (κ2) is 8.04. The van der Waals surface area contributed by atoms with Crippen molar-refractivity contribution >= 4 is 17.5 Å². The van der Waals surface area contributed by atoms with Gasteiger partial charge in [0, 0.05) is 31.7 Å². The number of carbonyl (C=O) groups excluding carboxylic acids is 1. The number of methoxy groups -OCH3 is 1. The van der Waals surface area contributed by atoms with Gasteiger partial charge in [0.25, 0.3) is 5.91 Å². The Labute approximate surface area is 166 Å². The minimum Gasteiger partial charge on any atom is -0.497 e. The lowest BCUT2D eigenvalue weighted by Crippen LogP contribution is -2.48. The van der Waals surface area contributed by atoms with Crippen molar-refractivity contribution in [3.8, 4) is 17.1 Å². The number of hydrogen-bond acceptors (Lipinski definition) is 7. The van der Waals surface area contributed by atoms with Crippen molar-refractivity contribution in [3.63, 3.8) is 0 Å². The molecular weight excluding hydrogens is 384 g/mol. The molecule has 0 unspecified atom stereocenters. The Balaban J connectivity index is 1.32. The summed E-state index contributed by atoms with van der Waals surface area (Å²) < 4.78 is 15.7. The first-order chi connectivity index (χ1) is 13.6. The van der Waals surface area contributed by atoms with Crippen molar-refractivity contribution in [2.24, 2.45) is 0 Å². The molecule has 8 nitrogen and oxygen atoms in total. The van der Waals surface area contributed by atoms with Crippen LogP contribution < -0.4 is 4.74 Å². The molecule has 3 heterocycles. The highest BCUT2D eigenvalue weighted by molar-refractivity contribution is 6.29. The maximum Gasteiger partial charge on any atom is 0.289 e. The van der Waals surface area contributed by atoms with Crippen molar-refractivity contribution in [1.82, 2.24) is 19.9 Å². The van der Waals surface area contributed by atoms with Crippen LogP contribution in [-0.4, -0.2) is 59.1 Å². The summed E-state index contributed by atoms with van der Waals surface area (Å²) in [4.78, 5) is 20.8. The second-order valence-corrected chi connectivity index (χ2v) is 6.78. The monoisotopic (exact) mass is 402 g/mol. The van der Waals surface area contributed by atoms with E-state index in [9.17, 15) is 4.79 Å². The van der Waals surface area contributed by atoms with E-state index in [0.29, 0.717) is 44.4 Å². The standard InChI is InChI=1S/C19H19ClN4O4/c1-26-14-4-2-13(3-5-14)18-21-17(28-22-18)12-23-8-10-24(11-9-23)19(25)15-6-7-16(20)27-15/h2-7H,8-12H2,1H3. The van der Waals surface area contributed by atoms with E-state index < -0.39 is 0 Å². The number of hydrogen-bond donors (Lipinski definition) is 0. The Hall–Kier alpha value is -2.84. The van der Waals surface area contributed by atoms with Gasteiger partial charge in [0.05, 0.1) is 13.7 Å². The zero-order valence-corrected chi connectivity index (χ0v) is 16.1. The number of ether oxygens (including phenoxy) is 1. The van der Waals surface area contributed by atoms with Gasteiger partial charge in [0.15, 0.2) is 11.0 Å². The number of carbonyl (C=O) groups is 1. The van der Waals surface area contributed by atoms with Crippen LogP contribution in [0.5, 0.6) is 5.75 Å². The molecule has 1 aromatic carbocycles. The smallest absolute Gasteiger partial charge is 0.289 e. The highest BCUT2D eigenvalue weighted by Gasteiger charge is 2.25. The van der Waals surface area contributed by atoms with Crippen molar-refractivity contribution in [2.45, 2.75) is 6.54 Å². The van der Waals surface area contributed by atoms with E-state index in [0.717, 1.165) is 11.3 Å². The van der Waals surface area contributed by atoms with Crippen molar-refractivity contribution in [3.05, 3.63) is 53.3 Å². The number of rotatable bonds is 5. The molecule has 1 amide bonds. The second-order valence-electron chi connectivity index (χ2n) is 6.41. The van der Waals surface area contributed by atoms with Gasteiger partial charge in [-0.15, -0.1) is 0 Å². The molecule has 0 radical (unpaired) electrons. The number of piperazine rings is 1. The Morgan fingerprint density at radius 3 is 2.54 bits per heavy atom. The molecule has 0 aliphatic carbocycles. The Morgan fingerprint density at radius 2 is 1.89 bits per heavy atom. The first-order valence-corrected chi connectivity index (χ1v) is 9.24. The Kier molecular flexibility index (Phi) is 5.31. The topological polar surface area (TPSA) is 84.8 Å². The lowest BCUT2D eigenvalue weighted by molar-refractivity contribution is 0.0585. The molecule has 2 aromatic heterocycles. The zero-order valence-electron chi connectivity index (χ0n) is 15.3. The molecule has 1 fully saturated rings. The van der Waals surface area contributed by atoms with E-state index in [1.165, 1.54) is 0 Å². The van der Waals surface area contributed by atoms with Crippen LogP contribution in [-0.2, 0) is 6.54 Å². The fourth-order valence-corrected chi connectivity index (χ4v) is 3.21. The normalized spacial score (nSPS) is 15.0. The molecule has 1 saturated heterocycles. The van der Waals surface area contributed by atoms with Crippen molar-refractivity contribution in [1.29, 1.82) is 0 Å². The molecule has 1 aliphatic rings. The summed E-state index contributed by atoms with van der Waals surface area (Å²) in [5.74, 6) is 1.98. The zero-order chi connectivity index (χ0) is 19.5. The molecule has 0 spiro atoms. The molecule has 9 heteroatoms. The van der Waals surface area contributed by atoms with Gasteiger partial charge in [-0.2, -0.15) is 4.98 Å². The number of aromatic nitrogens is 2. The molecule has 0 saturated carbocycles. The summed E-state index contributed by atoms with van der Waals surface area (Å²) in [6.45, 7) is 3.14. The Bertz CT molecular complexity index is 945. The summed E-state index contributed by atoms with van der Waals surface area (Å²) in [5.41, 5.74) is 0.864. The lowest BCUT2D eigenvalue weighted by Gasteiger charge is -2.33. The molecular formula is C19H19ClN4O4. The molecule has 0 N–H and O–H groups in total. The third kappa shape index (κ3) is 4.02. The van der Waals surface area contributed by atoms with Crippen LogP contribution in [0.15, 0.2) is 45.3 Å². The highest BCUT2D eigenvalue weighted by Crippen LogP contribution is 2.21. The first kappa shape index (κ1) is 18.5. The third-order valence-corrected chi connectivity index (χ3v) is 4.82. The molecule has 1 aliphatic heterocycles.